The summed E-state index contributed by atoms with van der Waals surface area (Å²) in [5.41, 5.74) is 4.47. The van der Waals surface area contributed by atoms with E-state index in [1.54, 1.807) is 10.6 Å². The molecule has 2 aromatic carbocycles. The fourth-order valence-corrected chi connectivity index (χ4v) is 2.67. The Bertz CT molecular complexity index is 937. The lowest BCUT2D eigenvalue weighted by atomic mass is 10.1. The van der Waals surface area contributed by atoms with Gasteiger partial charge >= 0.3 is 5.76 Å². The SMILES string of the molecule is Cc1ccc(NC(=O)CCCn2c(=O)oc3ccccc32)cc1C. The van der Waals surface area contributed by atoms with Crippen LogP contribution in [-0.4, -0.2) is 10.5 Å². The number of oxazole rings is 1. The lowest BCUT2D eigenvalue weighted by Gasteiger charge is -2.08. The maximum atomic E-state index is 12.1. The number of hydrogen-bond acceptors (Lipinski definition) is 3. The minimum absolute atomic E-state index is 0.0564. The first-order valence-corrected chi connectivity index (χ1v) is 8.00. The van der Waals surface area contributed by atoms with Gasteiger partial charge < -0.3 is 9.73 Å². The van der Waals surface area contributed by atoms with Gasteiger partial charge in [0, 0.05) is 18.7 Å². The molecule has 124 valence electrons. The molecule has 3 rings (SSSR count). The molecule has 0 aliphatic heterocycles. The number of carbonyl (C=O) groups excluding carboxylic acids is 1. The highest BCUT2D eigenvalue weighted by molar-refractivity contribution is 5.90. The summed E-state index contributed by atoms with van der Waals surface area (Å²) in [6, 6.07) is 13.1. The van der Waals surface area contributed by atoms with Gasteiger partial charge in [0.1, 0.15) is 0 Å². The molecule has 3 aromatic rings. The molecule has 0 bridgehead atoms. The normalized spacial score (nSPS) is 10.9. The number of rotatable bonds is 5. The van der Waals surface area contributed by atoms with E-state index < -0.39 is 0 Å². The predicted octanol–water partition coefficient (Wildman–Crippen LogP) is 3.63. The molecule has 0 atom stereocenters. The molecule has 24 heavy (non-hydrogen) atoms. The minimum Gasteiger partial charge on any atom is -0.408 e. The third-order valence-corrected chi connectivity index (χ3v) is 4.15. The minimum atomic E-state index is -0.384. The Hall–Kier alpha value is -2.82. The first-order chi connectivity index (χ1) is 11.5. The number of amides is 1. The number of hydrogen-bond donors (Lipinski definition) is 1. The van der Waals surface area contributed by atoms with Gasteiger partial charge in [0.05, 0.1) is 5.52 Å². The molecule has 1 N–H and O–H groups in total. The molecule has 5 heteroatoms. The second-order valence-electron chi connectivity index (χ2n) is 5.94. The maximum absolute atomic E-state index is 12.1. The second kappa shape index (κ2) is 6.74. The zero-order valence-electron chi connectivity index (χ0n) is 13.8. The van der Waals surface area contributed by atoms with Gasteiger partial charge in [-0.15, -0.1) is 0 Å². The molecule has 0 saturated heterocycles. The number of aryl methyl sites for hydroxylation is 3. The number of anilines is 1. The van der Waals surface area contributed by atoms with Crippen LogP contribution in [0.4, 0.5) is 5.69 Å². The van der Waals surface area contributed by atoms with Gasteiger partial charge in [0.2, 0.25) is 5.91 Å². The highest BCUT2D eigenvalue weighted by atomic mass is 16.4. The van der Waals surface area contributed by atoms with E-state index in [0.29, 0.717) is 25.0 Å². The van der Waals surface area contributed by atoms with E-state index in [2.05, 4.69) is 5.32 Å². The number of nitrogens with one attached hydrogen (secondary N) is 1. The van der Waals surface area contributed by atoms with Crippen LogP contribution < -0.4 is 11.1 Å². The van der Waals surface area contributed by atoms with Crippen LogP contribution in [0.25, 0.3) is 11.1 Å². The summed E-state index contributed by atoms with van der Waals surface area (Å²) < 4.78 is 6.75. The molecule has 0 fully saturated rings. The molecule has 5 nitrogen and oxygen atoms in total. The number of benzene rings is 2. The number of fused-ring (bicyclic) bond motifs is 1. The summed E-state index contributed by atoms with van der Waals surface area (Å²) in [5, 5.41) is 2.89. The number of nitrogens with zero attached hydrogens (tertiary/aromatic N) is 1. The van der Waals surface area contributed by atoms with Gasteiger partial charge in [-0.05, 0) is 55.7 Å². The molecule has 0 spiro atoms. The van der Waals surface area contributed by atoms with Crippen molar-refractivity contribution in [2.75, 3.05) is 5.32 Å². The number of carbonyl (C=O) groups is 1. The van der Waals surface area contributed by atoms with E-state index in [0.717, 1.165) is 16.8 Å². The highest BCUT2D eigenvalue weighted by Crippen LogP contribution is 2.15. The topological polar surface area (TPSA) is 64.2 Å². The fourth-order valence-electron chi connectivity index (χ4n) is 2.67. The summed E-state index contributed by atoms with van der Waals surface area (Å²) in [6.45, 7) is 4.51. The quantitative estimate of drug-likeness (QED) is 0.779. The predicted molar refractivity (Wildman–Crippen MR) is 94.3 cm³/mol. The lowest BCUT2D eigenvalue weighted by Crippen LogP contribution is -2.17. The van der Waals surface area contributed by atoms with Crippen LogP contribution in [0.3, 0.4) is 0 Å². The molecule has 0 radical (unpaired) electrons. The van der Waals surface area contributed by atoms with Gasteiger partial charge in [0.15, 0.2) is 5.58 Å². The van der Waals surface area contributed by atoms with Crippen molar-refractivity contribution in [2.24, 2.45) is 0 Å². The molecular formula is C19H20N2O3. The van der Waals surface area contributed by atoms with Crippen LogP contribution >= 0.6 is 0 Å². The van der Waals surface area contributed by atoms with Crippen LogP contribution in [0, 0.1) is 13.8 Å². The monoisotopic (exact) mass is 324 g/mol. The van der Waals surface area contributed by atoms with Crippen LogP contribution in [0.5, 0.6) is 0 Å². The Kier molecular flexibility index (Phi) is 4.51. The highest BCUT2D eigenvalue weighted by Gasteiger charge is 2.09. The zero-order valence-corrected chi connectivity index (χ0v) is 13.8. The summed E-state index contributed by atoms with van der Waals surface area (Å²) in [6.07, 6.45) is 0.916. The molecular weight excluding hydrogens is 304 g/mol. The van der Waals surface area contributed by atoms with E-state index in [1.807, 2.05) is 50.2 Å². The first kappa shape index (κ1) is 16.1. The van der Waals surface area contributed by atoms with Gasteiger partial charge in [-0.1, -0.05) is 18.2 Å². The third-order valence-electron chi connectivity index (χ3n) is 4.15. The lowest BCUT2D eigenvalue weighted by molar-refractivity contribution is -0.116. The van der Waals surface area contributed by atoms with Crippen molar-refractivity contribution in [1.29, 1.82) is 0 Å². The van der Waals surface area contributed by atoms with Crippen molar-refractivity contribution < 1.29 is 9.21 Å². The summed E-state index contributed by atoms with van der Waals surface area (Å²) in [5.74, 6) is -0.440. The maximum Gasteiger partial charge on any atom is 0.419 e. The Balaban J connectivity index is 1.59. The van der Waals surface area contributed by atoms with Crippen molar-refractivity contribution in [3.05, 3.63) is 64.1 Å². The van der Waals surface area contributed by atoms with Gasteiger partial charge in [-0.2, -0.15) is 0 Å². The van der Waals surface area contributed by atoms with Crippen molar-refractivity contribution in [2.45, 2.75) is 33.2 Å². The van der Waals surface area contributed by atoms with Crippen molar-refractivity contribution in [1.82, 2.24) is 4.57 Å². The van der Waals surface area contributed by atoms with Crippen molar-refractivity contribution in [3.63, 3.8) is 0 Å². The average molecular weight is 324 g/mol. The number of para-hydroxylation sites is 2. The van der Waals surface area contributed by atoms with E-state index in [4.69, 9.17) is 4.42 Å². The van der Waals surface area contributed by atoms with Crippen LogP contribution in [0.15, 0.2) is 51.7 Å². The molecule has 0 saturated carbocycles. The second-order valence-corrected chi connectivity index (χ2v) is 5.94. The summed E-state index contributed by atoms with van der Waals surface area (Å²) in [4.78, 5) is 23.9. The van der Waals surface area contributed by atoms with E-state index in [1.165, 1.54) is 5.56 Å². The van der Waals surface area contributed by atoms with Crippen LogP contribution in [0.1, 0.15) is 24.0 Å². The van der Waals surface area contributed by atoms with Crippen LogP contribution in [0.2, 0.25) is 0 Å². The zero-order chi connectivity index (χ0) is 17.1. The fraction of sp³-hybridized carbons (Fsp3) is 0.263. The van der Waals surface area contributed by atoms with E-state index in [-0.39, 0.29) is 11.7 Å². The van der Waals surface area contributed by atoms with Gasteiger partial charge in [0.25, 0.3) is 0 Å². The Labute approximate surface area is 139 Å². The van der Waals surface area contributed by atoms with Gasteiger partial charge in [-0.3, -0.25) is 9.36 Å². The first-order valence-electron chi connectivity index (χ1n) is 8.00. The molecule has 1 aromatic heterocycles. The van der Waals surface area contributed by atoms with Crippen molar-refractivity contribution in [3.8, 4) is 0 Å². The van der Waals surface area contributed by atoms with Crippen LogP contribution in [-0.2, 0) is 11.3 Å². The van der Waals surface area contributed by atoms with Crippen molar-refractivity contribution >= 4 is 22.7 Å². The number of aromatic nitrogens is 1. The van der Waals surface area contributed by atoms with Gasteiger partial charge in [-0.25, -0.2) is 4.79 Å². The third kappa shape index (κ3) is 3.40. The summed E-state index contributed by atoms with van der Waals surface area (Å²) >= 11 is 0. The van der Waals surface area contributed by atoms with E-state index >= 15 is 0 Å². The molecule has 0 aliphatic rings. The standard InChI is InChI=1S/C19H20N2O3/c1-13-9-10-15(12-14(13)2)20-18(22)8-5-11-21-16-6-3-4-7-17(16)24-19(21)23/h3-4,6-7,9-10,12H,5,8,11H2,1-2H3,(H,20,22). The Morgan fingerprint density at radius 2 is 1.92 bits per heavy atom. The summed E-state index contributed by atoms with van der Waals surface area (Å²) in [7, 11) is 0. The average Bonchev–Trinajstić information content (AvgIpc) is 2.87. The Morgan fingerprint density at radius 1 is 1.12 bits per heavy atom. The molecule has 1 heterocycles. The largest absolute Gasteiger partial charge is 0.419 e. The molecule has 0 aliphatic carbocycles. The molecule has 1 amide bonds. The Morgan fingerprint density at radius 3 is 2.71 bits per heavy atom. The molecule has 0 unspecified atom stereocenters. The van der Waals surface area contributed by atoms with E-state index in [9.17, 15) is 9.59 Å². The smallest absolute Gasteiger partial charge is 0.408 e.